The van der Waals surface area contributed by atoms with Crippen LogP contribution >= 0.6 is 27.5 Å². The van der Waals surface area contributed by atoms with Gasteiger partial charge in [-0.1, -0.05) is 15.9 Å². The molecule has 3 nitrogen and oxygen atoms in total. The number of hydrogen-bond acceptors (Lipinski definition) is 2. The standard InChI is InChI=1S/C12H6BrClF3NO2/c13-7-3-6(12(15,16)17)4-8(5-7)18-11(19)9-1-2-10(14)20-9/h1-5H,(H,18,19). The summed E-state index contributed by atoms with van der Waals surface area (Å²) in [5.74, 6) is -0.786. The molecule has 0 saturated carbocycles. The number of alkyl halides is 3. The van der Waals surface area contributed by atoms with Gasteiger partial charge in [0.2, 0.25) is 0 Å². The molecule has 0 bridgehead atoms. The largest absolute Gasteiger partial charge is 0.440 e. The number of nitrogens with one attached hydrogen (secondary N) is 1. The molecule has 0 atom stereocenters. The van der Waals surface area contributed by atoms with Crippen molar-refractivity contribution in [2.24, 2.45) is 0 Å². The number of anilines is 1. The summed E-state index contributed by atoms with van der Waals surface area (Å²) < 4.78 is 43.0. The van der Waals surface area contributed by atoms with E-state index in [0.717, 1.165) is 12.1 Å². The normalized spacial score (nSPS) is 11.4. The Morgan fingerprint density at radius 1 is 1.25 bits per heavy atom. The number of carbonyl (C=O) groups is 1. The Bertz CT molecular complexity index is 654. The summed E-state index contributed by atoms with van der Waals surface area (Å²) >= 11 is 8.47. The van der Waals surface area contributed by atoms with Crippen LogP contribution in [0, 0.1) is 0 Å². The SMILES string of the molecule is O=C(Nc1cc(Br)cc(C(F)(F)F)c1)c1ccc(Cl)o1. The van der Waals surface area contributed by atoms with E-state index < -0.39 is 17.6 Å². The Morgan fingerprint density at radius 3 is 2.50 bits per heavy atom. The van der Waals surface area contributed by atoms with Crippen LogP contribution in [0.15, 0.2) is 39.2 Å². The van der Waals surface area contributed by atoms with Crippen LogP contribution in [0.25, 0.3) is 0 Å². The molecular formula is C12H6BrClF3NO2. The molecule has 0 fully saturated rings. The lowest BCUT2D eigenvalue weighted by atomic mass is 10.2. The number of benzene rings is 1. The van der Waals surface area contributed by atoms with Gasteiger partial charge in [0, 0.05) is 10.2 Å². The van der Waals surface area contributed by atoms with Gasteiger partial charge in [0.15, 0.2) is 11.0 Å². The third-order valence-corrected chi connectivity index (χ3v) is 2.94. The molecule has 1 heterocycles. The number of hydrogen-bond donors (Lipinski definition) is 1. The van der Waals surface area contributed by atoms with Crippen LogP contribution in [-0.4, -0.2) is 5.91 Å². The third-order valence-electron chi connectivity index (χ3n) is 2.28. The van der Waals surface area contributed by atoms with Gasteiger partial charge in [-0.25, -0.2) is 0 Å². The molecule has 1 N–H and O–H groups in total. The van der Waals surface area contributed by atoms with Gasteiger partial charge in [0.05, 0.1) is 5.56 Å². The Balaban J connectivity index is 2.25. The van der Waals surface area contributed by atoms with E-state index in [0.29, 0.717) is 0 Å². The number of halogens is 5. The molecule has 1 aromatic heterocycles. The zero-order chi connectivity index (χ0) is 14.9. The summed E-state index contributed by atoms with van der Waals surface area (Å²) in [5, 5.41) is 2.32. The lowest BCUT2D eigenvalue weighted by molar-refractivity contribution is -0.137. The first-order valence-electron chi connectivity index (χ1n) is 5.20. The van der Waals surface area contributed by atoms with E-state index >= 15 is 0 Å². The summed E-state index contributed by atoms with van der Waals surface area (Å²) in [6.45, 7) is 0. The molecule has 0 radical (unpaired) electrons. The lowest BCUT2D eigenvalue weighted by Gasteiger charge is -2.10. The maximum atomic E-state index is 12.6. The van der Waals surface area contributed by atoms with Crippen LogP contribution in [0.3, 0.4) is 0 Å². The third kappa shape index (κ3) is 3.55. The van der Waals surface area contributed by atoms with Crippen LogP contribution in [0.5, 0.6) is 0 Å². The topological polar surface area (TPSA) is 42.2 Å². The van der Waals surface area contributed by atoms with Gasteiger partial charge >= 0.3 is 6.18 Å². The van der Waals surface area contributed by atoms with Gasteiger partial charge in [-0.3, -0.25) is 4.79 Å². The van der Waals surface area contributed by atoms with Crippen molar-refractivity contribution >= 4 is 39.1 Å². The molecule has 1 aromatic carbocycles. The molecule has 0 aliphatic heterocycles. The van der Waals surface area contributed by atoms with Crippen LogP contribution in [0.2, 0.25) is 5.22 Å². The number of amides is 1. The van der Waals surface area contributed by atoms with E-state index in [-0.39, 0.29) is 21.1 Å². The predicted octanol–water partition coefficient (Wildman–Crippen LogP) is 4.97. The predicted molar refractivity (Wildman–Crippen MR) is 70.8 cm³/mol. The minimum atomic E-state index is -4.50. The maximum absolute atomic E-state index is 12.6. The molecule has 0 spiro atoms. The molecule has 0 unspecified atom stereocenters. The highest BCUT2D eigenvalue weighted by molar-refractivity contribution is 9.10. The summed E-state index contributed by atoms with van der Waals surface area (Å²) in [5.41, 5.74) is -0.885. The van der Waals surface area contributed by atoms with Crippen LogP contribution in [0.1, 0.15) is 16.1 Å². The van der Waals surface area contributed by atoms with Crippen molar-refractivity contribution in [1.82, 2.24) is 0 Å². The maximum Gasteiger partial charge on any atom is 0.416 e. The summed E-state index contributed by atoms with van der Waals surface area (Å²) in [6, 6.07) is 5.77. The number of furan rings is 1. The first kappa shape index (κ1) is 14.9. The summed E-state index contributed by atoms with van der Waals surface area (Å²) in [4.78, 5) is 11.7. The second kappa shape index (κ2) is 5.49. The zero-order valence-corrected chi connectivity index (χ0v) is 11.9. The van der Waals surface area contributed by atoms with Gasteiger partial charge < -0.3 is 9.73 Å². The first-order valence-corrected chi connectivity index (χ1v) is 6.37. The van der Waals surface area contributed by atoms with Crippen LogP contribution in [-0.2, 0) is 6.18 Å². The molecule has 2 rings (SSSR count). The van der Waals surface area contributed by atoms with Gasteiger partial charge in [-0.05, 0) is 41.9 Å². The number of carbonyl (C=O) groups excluding carboxylic acids is 1. The minimum absolute atomic E-state index is 0.00998. The molecule has 8 heteroatoms. The zero-order valence-electron chi connectivity index (χ0n) is 9.59. The summed E-state index contributed by atoms with van der Waals surface area (Å²) in [7, 11) is 0. The highest BCUT2D eigenvalue weighted by Crippen LogP contribution is 2.33. The Kier molecular flexibility index (Phi) is 4.10. The van der Waals surface area contributed by atoms with Crippen molar-refractivity contribution in [1.29, 1.82) is 0 Å². The fourth-order valence-corrected chi connectivity index (χ4v) is 2.09. The van der Waals surface area contributed by atoms with E-state index in [2.05, 4.69) is 21.2 Å². The van der Waals surface area contributed by atoms with Crippen molar-refractivity contribution in [3.8, 4) is 0 Å². The molecule has 1 amide bonds. The van der Waals surface area contributed by atoms with Crippen molar-refractivity contribution < 1.29 is 22.4 Å². The smallest absolute Gasteiger partial charge is 0.416 e. The average Bonchev–Trinajstić information content (AvgIpc) is 2.74. The minimum Gasteiger partial charge on any atom is -0.440 e. The Hall–Kier alpha value is -1.47. The van der Waals surface area contributed by atoms with Crippen LogP contribution in [0.4, 0.5) is 18.9 Å². The summed E-state index contributed by atoms with van der Waals surface area (Å²) in [6.07, 6.45) is -4.50. The molecule has 0 saturated heterocycles. The number of rotatable bonds is 2. The average molecular weight is 369 g/mol. The van der Waals surface area contributed by atoms with E-state index in [1.807, 2.05) is 0 Å². The van der Waals surface area contributed by atoms with Crippen LogP contribution < -0.4 is 5.32 Å². The highest BCUT2D eigenvalue weighted by Gasteiger charge is 2.31. The Morgan fingerprint density at radius 2 is 1.95 bits per heavy atom. The van der Waals surface area contributed by atoms with Gasteiger partial charge in [-0.15, -0.1) is 0 Å². The van der Waals surface area contributed by atoms with Gasteiger partial charge in [0.1, 0.15) is 0 Å². The van der Waals surface area contributed by atoms with E-state index in [1.165, 1.54) is 18.2 Å². The molecule has 2 aromatic rings. The monoisotopic (exact) mass is 367 g/mol. The molecular weight excluding hydrogens is 362 g/mol. The van der Waals surface area contributed by atoms with Crippen molar-refractivity contribution in [2.45, 2.75) is 6.18 Å². The fraction of sp³-hybridized carbons (Fsp3) is 0.0833. The van der Waals surface area contributed by atoms with E-state index in [4.69, 9.17) is 16.0 Å². The highest BCUT2D eigenvalue weighted by atomic mass is 79.9. The quantitative estimate of drug-likeness (QED) is 0.813. The second-order valence-electron chi connectivity index (χ2n) is 3.78. The Labute approximate surface area is 124 Å². The van der Waals surface area contributed by atoms with E-state index in [1.54, 1.807) is 0 Å². The molecule has 106 valence electrons. The van der Waals surface area contributed by atoms with Crippen molar-refractivity contribution in [2.75, 3.05) is 5.32 Å². The fourth-order valence-electron chi connectivity index (χ4n) is 1.45. The lowest BCUT2D eigenvalue weighted by Crippen LogP contribution is -2.12. The second-order valence-corrected chi connectivity index (χ2v) is 5.07. The van der Waals surface area contributed by atoms with E-state index in [9.17, 15) is 18.0 Å². The van der Waals surface area contributed by atoms with Crippen molar-refractivity contribution in [3.63, 3.8) is 0 Å². The van der Waals surface area contributed by atoms with Gasteiger partial charge in [-0.2, -0.15) is 13.2 Å². The molecule has 0 aliphatic rings. The molecule has 20 heavy (non-hydrogen) atoms. The first-order chi connectivity index (χ1) is 9.25. The van der Waals surface area contributed by atoms with Crippen molar-refractivity contribution in [3.05, 3.63) is 51.3 Å². The van der Waals surface area contributed by atoms with Gasteiger partial charge in [0.25, 0.3) is 5.91 Å². The molecule has 0 aliphatic carbocycles.